The number of aryl methyl sites for hydroxylation is 1. The summed E-state index contributed by atoms with van der Waals surface area (Å²) in [5.74, 6) is -0.413. The number of hydrogen-bond donors (Lipinski definition) is 1. The molecule has 7 heteroatoms. The van der Waals surface area contributed by atoms with Crippen molar-refractivity contribution in [3.63, 3.8) is 0 Å². The second kappa shape index (κ2) is 9.73. The largest absolute Gasteiger partial charge is 0.445 e. The van der Waals surface area contributed by atoms with Crippen molar-refractivity contribution >= 4 is 23.0 Å². The van der Waals surface area contributed by atoms with Crippen LogP contribution in [-0.2, 0) is 22.6 Å². The molecule has 0 unspecified atom stereocenters. The van der Waals surface area contributed by atoms with Crippen LogP contribution in [-0.4, -0.2) is 18.1 Å². The van der Waals surface area contributed by atoms with Crippen molar-refractivity contribution in [1.82, 2.24) is 5.32 Å². The summed E-state index contributed by atoms with van der Waals surface area (Å²) in [6.07, 6.45) is 0.288. The van der Waals surface area contributed by atoms with Crippen LogP contribution in [0.15, 0.2) is 63.8 Å². The molecule has 0 radical (unpaired) electrons. The van der Waals surface area contributed by atoms with Gasteiger partial charge in [-0.25, -0.2) is 14.4 Å². The molecule has 1 heterocycles. The Morgan fingerprint density at radius 3 is 2.53 bits per heavy atom. The van der Waals surface area contributed by atoms with Gasteiger partial charge in [-0.2, -0.15) is 0 Å². The Hall–Kier alpha value is -3.61. The van der Waals surface area contributed by atoms with E-state index in [0.29, 0.717) is 18.4 Å². The molecule has 2 aromatic carbocycles. The molecular weight excluding hydrogens is 386 g/mol. The second-order valence-electron chi connectivity index (χ2n) is 6.69. The number of alkyl carbamates (subject to hydrolysis) is 1. The van der Waals surface area contributed by atoms with Crippen LogP contribution < -0.4 is 15.7 Å². The van der Waals surface area contributed by atoms with E-state index in [0.717, 1.165) is 16.5 Å². The molecule has 30 heavy (non-hydrogen) atoms. The molecule has 0 fully saturated rings. The van der Waals surface area contributed by atoms with Crippen LogP contribution >= 0.6 is 0 Å². The summed E-state index contributed by atoms with van der Waals surface area (Å²) in [6.45, 7) is 3.79. The third kappa shape index (κ3) is 5.26. The summed E-state index contributed by atoms with van der Waals surface area (Å²) >= 11 is 0. The number of carbonyl (C=O) groups excluding carboxylic acids is 2. The SMILES string of the molecule is CCc1cc(=O)oc2cc(OC(=O)[C@H](CC)NC(=O)OCc3ccccc3)ccc12. The number of ether oxygens (including phenoxy) is 2. The van der Waals surface area contributed by atoms with Gasteiger partial charge in [0.15, 0.2) is 0 Å². The number of carbonyl (C=O) groups is 2. The summed E-state index contributed by atoms with van der Waals surface area (Å²) in [7, 11) is 0. The minimum atomic E-state index is -0.877. The molecule has 0 aliphatic rings. The molecule has 1 N–H and O–H groups in total. The van der Waals surface area contributed by atoms with Gasteiger partial charge in [-0.15, -0.1) is 0 Å². The smallest absolute Gasteiger partial charge is 0.408 e. The van der Waals surface area contributed by atoms with Gasteiger partial charge >= 0.3 is 17.7 Å². The summed E-state index contributed by atoms with van der Waals surface area (Å²) in [4.78, 5) is 36.2. The lowest BCUT2D eigenvalue weighted by Gasteiger charge is -2.16. The van der Waals surface area contributed by atoms with E-state index in [9.17, 15) is 14.4 Å². The molecule has 3 aromatic rings. The fourth-order valence-electron chi connectivity index (χ4n) is 2.99. The lowest BCUT2D eigenvalue weighted by molar-refractivity contribution is -0.136. The summed E-state index contributed by atoms with van der Waals surface area (Å²) in [5, 5.41) is 3.30. The lowest BCUT2D eigenvalue weighted by atomic mass is 10.1. The van der Waals surface area contributed by atoms with Crippen LogP contribution in [0.4, 0.5) is 4.79 Å². The fraction of sp³-hybridized carbons (Fsp3) is 0.261. The van der Waals surface area contributed by atoms with Gasteiger partial charge in [0.1, 0.15) is 24.0 Å². The van der Waals surface area contributed by atoms with Crippen molar-refractivity contribution in [2.45, 2.75) is 39.3 Å². The minimum absolute atomic E-state index is 0.0988. The first-order valence-electron chi connectivity index (χ1n) is 9.75. The van der Waals surface area contributed by atoms with Gasteiger partial charge in [-0.1, -0.05) is 44.2 Å². The van der Waals surface area contributed by atoms with Gasteiger partial charge in [-0.3, -0.25) is 0 Å². The van der Waals surface area contributed by atoms with E-state index in [1.54, 1.807) is 19.1 Å². The van der Waals surface area contributed by atoms with Crippen molar-refractivity contribution in [3.8, 4) is 5.75 Å². The van der Waals surface area contributed by atoms with E-state index in [2.05, 4.69) is 5.32 Å². The summed E-state index contributed by atoms with van der Waals surface area (Å²) in [6, 6.07) is 14.7. The molecule has 7 nitrogen and oxygen atoms in total. The van der Waals surface area contributed by atoms with Crippen LogP contribution in [0.2, 0.25) is 0 Å². The van der Waals surface area contributed by atoms with Crippen LogP contribution in [0.25, 0.3) is 11.0 Å². The Labute approximate surface area is 173 Å². The third-order valence-electron chi connectivity index (χ3n) is 4.60. The molecule has 0 bridgehead atoms. The Bertz CT molecular complexity index is 1090. The fourth-order valence-corrected chi connectivity index (χ4v) is 2.99. The summed E-state index contributed by atoms with van der Waals surface area (Å²) < 4.78 is 15.7. The minimum Gasteiger partial charge on any atom is -0.445 e. The van der Waals surface area contributed by atoms with Crippen LogP contribution in [0.3, 0.4) is 0 Å². The van der Waals surface area contributed by atoms with Crippen molar-refractivity contribution in [2.24, 2.45) is 0 Å². The summed E-state index contributed by atoms with van der Waals surface area (Å²) in [5.41, 5.74) is 1.57. The van der Waals surface area contributed by atoms with Gasteiger partial charge in [0.2, 0.25) is 0 Å². The van der Waals surface area contributed by atoms with E-state index in [1.807, 2.05) is 37.3 Å². The van der Waals surface area contributed by atoms with E-state index >= 15 is 0 Å². The van der Waals surface area contributed by atoms with Crippen LogP contribution in [0, 0.1) is 0 Å². The normalized spacial score (nSPS) is 11.7. The second-order valence-corrected chi connectivity index (χ2v) is 6.69. The quantitative estimate of drug-likeness (QED) is 0.360. The molecule has 0 aliphatic heterocycles. The van der Waals surface area contributed by atoms with Crippen molar-refractivity contribution in [1.29, 1.82) is 0 Å². The predicted molar refractivity (Wildman–Crippen MR) is 111 cm³/mol. The van der Waals surface area contributed by atoms with E-state index < -0.39 is 23.7 Å². The molecule has 0 aliphatic carbocycles. The van der Waals surface area contributed by atoms with Gasteiger partial charge in [0.25, 0.3) is 0 Å². The Balaban J connectivity index is 1.64. The van der Waals surface area contributed by atoms with Crippen LogP contribution in [0.5, 0.6) is 5.75 Å². The van der Waals surface area contributed by atoms with Crippen LogP contribution in [0.1, 0.15) is 31.4 Å². The zero-order chi connectivity index (χ0) is 21.5. The van der Waals surface area contributed by atoms with E-state index in [-0.39, 0.29) is 12.4 Å². The molecule has 1 atom stereocenters. The number of hydrogen-bond acceptors (Lipinski definition) is 6. The maximum Gasteiger partial charge on any atom is 0.408 e. The van der Waals surface area contributed by atoms with Crippen molar-refractivity contribution < 1.29 is 23.5 Å². The number of nitrogens with one attached hydrogen (secondary N) is 1. The first-order chi connectivity index (χ1) is 14.5. The Morgan fingerprint density at radius 1 is 1.07 bits per heavy atom. The topological polar surface area (TPSA) is 94.8 Å². The lowest BCUT2D eigenvalue weighted by Crippen LogP contribution is -2.42. The maximum atomic E-state index is 12.5. The average Bonchev–Trinajstić information content (AvgIpc) is 2.75. The molecule has 156 valence electrons. The third-order valence-corrected chi connectivity index (χ3v) is 4.60. The monoisotopic (exact) mass is 409 g/mol. The van der Waals surface area contributed by atoms with Crippen molar-refractivity contribution in [3.05, 3.63) is 76.1 Å². The molecule has 0 spiro atoms. The first-order valence-corrected chi connectivity index (χ1v) is 9.75. The zero-order valence-electron chi connectivity index (χ0n) is 16.8. The average molecular weight is 409 g/mol. The van der Waals surface area contributed by atoms with E-state index in [4.69, 9.17) is 13.9 Å². The highest BCUT2D eigenvalue weighted by Gasteiger charge is 2.22. The molecule has 1 amide bonds. The number of rotatable bonds is 7. The predicted octanol–water partition coefficient (Wildman–Crippen LogP) is 3.97. The molecule has 0 saturated carbocycles. The van der Waals surface area contributed by atoms with E-state index in [1.165, 1.54) is 12.1 Å². The number of amides is 1. The standard InChI is InChI=1S/C23H23NO6/c1-3-16-12-21(25)30-20-13-17(10-11-18(16)20)29-22(26)19(4-2)24-23(27)28-14-15-8-6-5-7-9-15/h5-13,19H,3-4,14H2,1-2H3,(H,24,27)/t19-/m0/s1. The molecule has 0 saturated heterocycles. The zero-order valence-corrected chi connectivity index (χ0v) is 16.8. The van der Waals surface area contributed by atoms with Gasteiger partial charge in [0, 0.05) is 17.5 Å². The molecule has 1 aromatic heterocycles. The molecule has 3 rings (SSSR count). The first kappa shape index (κ1) is 21.1. The number of benzene rings is 2. The maximum absolute atomic E-state index is 12.5. The van der Waals surface area contributed by atoms with Crippen molar-refractivity contribution in [2.75, 3.05) is 0 Å². The highest BCUT2D eigenvalue weighted by atomic mass is 16.6. The van der Waals surface area contributed by atoms with Gasteiger partial charge in [-0.05, 0) is 36.1 Å². The van der Waals surface area contributed by atoms with Gasteiger partial charge in [0.05, 0.1) is 0 Å². The number of esters is 1. The Kier molecular flexibility index (Phi) is 6.85. The van der Waals surface area contributed by atoms with Gasteiger partial charge < -0.3 is 19.2 Å². The highest BCUT2D eigenvalue weighted by Crippen LogP contribution is 2.23. The highest BCUT2D eigenvalue weighted by molar-refractivity contribution is 5.85. The Morgan fingerprint density at radius 2 is 1.83 bits per heavy atom. The molecular formula is C23H23NO6. The number of fused-ring (bicyclic) bond motifs is 1.